The van der Waals surface area contributed by atoms with Crippen LogP contribution in [0.1, 0.15) is 6.42 Å². The van der Waals surface area contributed by atoms with Crippen LogP contribution in [-0.2, 0) is 0 Å². The zero-order valence-corrected chi connectivity index (χ0v) is 10.3. The van der Waals surface area contributed by atoms with E-state index in [4.69, 9.17) is 27.9 Å². The first kappa shape index (κ1) is 12.8. The molecule has 0 amide bonds. The van der Waals surface area contributed by atoms with Crippen LogP contribution in [0.25, 0.3) is 0 Å². The highest BCUT2D eigenvalue weighted by atomic mass is 35.5. The van der Waals surface area contributed by atoms with Crippen molar-refractivity contribution >= 4 is 35.6 Å². The van der Waals surface area contributed by atoms with Crippen LogP contribution in [0.4, 0.5) is 0 Å². The maximum absolute atomic E-state index is 5.79. The van der Waals surface area contributed by atoms with Gasteiger partial charge in [-0.2, -0.15) is 0 Å². The number of nitrogens with zero attached hydrogens (tertiary/aromatic N) is 2. The van der Waals surface area contributed by atoms with Gasteiger partial charge in [0.15, 0.2) is 0 Å². The van der Waals surface area contributed by atoms with E-state index in [2.05, 4.69) is 9.88 Å². The van der Waals surface area contributed by atoms with E-state index in [-0.39, 0.29) is 12.4 Å². The molecule has 0 aliphatic carbocycles. The van der Waals surface area contributed by atoms with E-state index in [1.165, 1.54) is 6.42 Å². The molecule has 1 aromatic heterocycles. The van der Waals surface area contributed by atoms with Crippen molar-refractivity contribution in [2.24, 2.45) is 0 Å². The molecule has 0 N–H and O–H groups in total. The van der Waals surface area contributed by atoms with E-state index in [0.717, 1.165) is 13.1 Å². The topological polar surface area (TPSA) is 25.4 Å². The monoisotopic (exact) mass is 268 g/mol. The zero-order chi connectivity index (χ0) is 9.97. The fraction of sp³-hybridized carbons (Fsp3) is 0.444. The minimum atomic E-state index is 0. The van der Waals surface area contributed by atoms with Gasteiger partial charge in [0.1, 0.15) is 17.6 Å². The molecule has 0 aromatic carbocycles. The summed E-state index contributed by atoms with van der Waals surface area (Å²) in [6, 6.07) is 1.68. The number of halogens is 3. The van der Waals surface area contributed by atoms with Gasteiger partial charge in [0.25, 0.3) is 0 Å². The van der Waals surface area contributed by atoms with Crippen molar-refractivity contribution in [2.75, 3.05) is 19.8 Å². The molecule has 84 valence electrons. The van der Waals surface area contributed by atoms with Gasteiger partial charge in [0.05, 0.1) is 11.2 Å². The maximum Gasteiger partial charge on any atom is 0.147 e. The third kappa shape index (κ3) is 3.38. The summed E-state index contributed by atoms with van der Waals surface area (Å²) in [6.45, 7) is 2.81. The normalized spacial score (nSPS) is 15.3. The zero-order valence-electron chi connectivity index (χ0n) is 7.95. The van der Waals surface area contributed by atoms with Gasteiger partial charge in [-0.15, -0.1) is 12.4 Å². The summed E-state index contributed by atoms with van der Waals surface area (Å²) in [4.78, 5) is 6.09. The van der Waals surface area contributed by atoms with Crippen molar-refractivity contribution in [1.82, 2.24) is 9.88 Å². The number of ether oxygens (including phenoxy) is 1. The van der Waals surface area contributed by atoms with Crippen molar-refractivity contribution in [3.8, 4) is 5.75 Å². The Balaban J connectivity index is 0.00000112. The van der Waals surface area contributed by atoms with Crippen molar-refractivity contribution in [2.45, 2.75) is 6.42 Å². The van der Waals surface area contributed by atoms with Crippen LogP contribution in [0.15, 0.2) is 12.3 Å². The quantitative estimate of drug-likeness (QED) is 0.789. The van der Waals surface area contributed by atoms with E-state index in [1.54, 1.807) is 12.3 Å². The lowest BCUT2D eigenvalue weighted by atomic mass is 10.2. The molecular formula is C9H11Cl3N2O. The van der Waals surface area contributed by atoms with Crippen LogP contribution in [0.5, 0.6) is 5.75 Å². The summed E-state index contributed by atoms with van der Waals surface area (Å²) in [6.07, 6.45) is 2.83. The Morgan fingerprint density at radius 3 is 2.67 bits per heavy atom. The molecule has 3 nitrogen and oxygen atoms in total. The average molecular weight is 270 g/mol. The van der Waals surface area contributed by atoms with Gasteiger partial charge in [0.2, 0.25) is 0 Å². The van der Waals surface area contributed by atoms with E-state index >= 15 is 0 Å². The molecule has 1 aromatic rings. The molecule has 1 saturated heterocycles. The molecule has 1 fully saturated rings. The van der Waals surface area contributed by atoms with Crippen molar-refractivity contribution < 1.29 is 4.74 Å². The molecule has 1 aliphatic heterocycles. The summed E-state index contributed by atoms with van der Waals surface area (Å²) >= 11 is 11.5. The Hall–Kier alpha value is -0.220. The SMILES string of the molecule is Cl.Clc1cc(OCN2CCC2)cnc1Cl. The Bertz CT molecular complexity index is 331. The third-order valence-electron chi connectivity index (χ3n) is 2.13. The highest BCUT2D eigenvalue weighted by molar-refractivity contribution is 6.41. The van der Waals surface area contributed by atoms with Gasteiger partial charge >= 0.3 is 0 Å². The number of hydrogen-bond donors (Lipinski definition) is 0. The lowest BCUT2D eigenvalue weighted by Gasteiger charge is -2.30. The maximum atomic E-state index is 5.79. The Morgan fingerprint density at radius 1 is 1.40 bits per heavy atom. The Kier molecular flexibility index (Phi) is 4.93. The summed E-state index contributed by atoms with van der Waals surface area (Å²) in [7, 11) is 0. The number of likely N-dealkylation sites (tertiary alicyclic amines) is 1. The third-order valence-corrected chi connectivity index (χ3v) is 2.82. The number of aromatic nitrogens is 1. The lowest BCUT2D eigenvalue weighted by molar-refractivity contribution is 0.0728. The minimum absolute atomic E-state index is 0. The second-order valence-corrected chi connectivity index (χ2v) is 3.95. The van der Waals surface area contributed by atoms with Crippen LogP contribution >= 0.6 is 35.6 Å². The molecular weight excluding hydrogens is 258 g/mol. The molecule has 2 heterocycles. The average Bonchev–Trinajstić information content (AvgIpc) is 2.08. The fourth-order valence-electron chi connectivity index (χ4n) is 1.16. The van der Waals surface area contributed by atoms with Gasteiger partial charge in [-0.3, -0.25) is 4.90 Å². The molecule has 0 atom stereocenters. The summed E-state index contributed by atoms with van der Waals surface area (Å²) < 4.78 is 5.47. The molecule has 0 unspecified atom stereocenters. The summed E-state index contributed by atoms with van der Waals surface area (Å²) in [5.74, 6) is 0.659. The molecule has 0 bridgehead atoms. The number of rotatable bonds is 3. The number of pyridine rings is 1. The van der Waals surface area contributed by atoms with Crippen LogP contribution in [0.3, 0.4) is 0 Å². The smallest absolute Gasteiger partial charge is 0.147 e. The molecule has 1 aliphatic rings. The van der Waals surface area contributed by atoms with Gasteiger partial charge in [-0.25, -0.2) is 4.98 Å². The molecule has 0 saturated carbocycles. The molecule has 15 heavy (non-hydrogen) atoms. The van der Waals surface area contributed by atoms with Crippen LogP contribution in [-0.4, -0.2) is 29.7 Å². The van der Waals surface area contributed by atoms with Gasteiger partial charge in [-0.05, 0) is 6.42 Å². The first-order chi connectivity index (χ1) is 6.75. The van der Waals surface area contributed by atoms with Crippen molar-refractivity contribution in [3.63, 3.8) is 0 Å². The second kappa shape index (κ2) is 5.75. The van der Waals surface area contributed by atoms with E-state index in [1.807, 2.05) is 0 Å². The first-order valence-corrected chi connectivity index (χ1v) is 5.17. The summed E-state index contributed by atoms with van der Waals surface area (Å²) in [5.41, 5.74) is 0. The molecule has 0 radical (unpaired) electrons. The highest BCUT2D eigenvalue weighted by Crippen LogP contribution is 2.23. The molecule has 6 heteroatoms. The Morgan fingerprint density at radius 2 is 2.13 bits per heavy atom. The second-order valence-electron chi connectivity index (χ2n) is 3.19. The Labute approximate surface area is 105 Å². The minimum Gasteiger partial charge on any atom is -0.476 e. The highest BCUT2D eigenvalue weighted by Gasteiger charge is 2.13. The van der Waals surface area contributed by atoms with Gasteiger partial charge < -0.3 is 4.74 Å². The van der Waals surface area contributed by atoms with Crippen LogP contribution in [0, 0.1) is 0 Å². The van der Waals surface area contributed by atoms with Crippen molar-refractivity contribution in [1.29, 1.82) is 0 Å². The van der Waals surface area contributed by atoms with Crippen LogP contribution < -0.4 is 4.74 Å². The largest absolute Gasteiger partial charge is 0.476 e. The molecule has 2 rings (SSSR count). The van der Waals surface area contributed by atoms with E-state index in [0.29, 0.717) is 22.7 Å². The standard InChI is InChI=1S/C9H10Cl2N2O.ClH/c10-8-4-7(5-12-9(8)11)14-6-13-2-1-3-13;/h4-5H,1-3,6H2;1H. The van der Waals surface area contributed by atoms with E-state index in [9.17, 15) is 0 Å². The first-order valence-electron chi connectivity index (χ1n) is 4.42. The number of hydrogen-bond acceptors (Lipinski definition) is 3. The predicted molar refractivity (Wildman–Crippen MR) is 63.2 cm³/mol. The fourth-order valence-corrected chi connectivity index (χ4v) is 1.42. The van der Waals surface area contributed by atoms with Gasteiger partial charge in [0, 0.05) is 19.2 Å². The van der Waals surface area contributed by atoms with E-state index < -0.39 is 0 Å². The van der Waals surface area contributed by atoms with Crippen LogP contribution in [0.2, 0.25) is 10.2 Å². The van der Waals surface area contributed by atoms with Gasteiger partial charge in [-0.1, -0.05) is 23.2 Å². The summed E-state index contributed by atoms with van der Waals surface area (Å²) in [5, 5.41) is 0.732. The molecule has 0 spiro atoms. The van der Waals surface area contributed by atoms with Crippen molar-refractivity contribution in [3.05, 3.63) is 22.4 Å². The predicted octanol–water partition coefficient (Wildman–Crippen LogP) is 2.85. The lowest BCUT2D eigenvalue weighted by Crippen LogP contribution is -2.39.